The largest absolute Gasteiger partial charge is 0.495 e. The van der Waals surface area contributed by atoms with Gasteiger partial charge in [-0.05, 0) is 42.5 Å². The lowest BCUT2D eigenvalue weighted by atomic mass is 9.98. The molecule has 2 aliphatic heterocycles. The quantitative estimate of drug-likeness (QED) is 0.848. The highest BCUT2D eigenvalue weighted by atomic mass is 16.5. The Morgan fingerprint density at radius 3 is 2.41 bits per heavy atom. The molecule has 1 unspecified atom stereocenters. The van der Waals surface area contributed by atoms with Gasteiger partial charge in [0.2, 0.25) is 0 Å². The van der Waals surface area contributed by atoms with Gasteiger partial charge in [0, 0.05) is 44.6 Å². The summed E-state index contributed by atoms with van der Waals surface area (Å²) in [4.78, 5) is 7.03. The van der Waals surface area contributed by atoms with Crippen LogP contribution in [0.5, 0.6) is 5.75 Å². The minimum absolute atomic E-state index is 0.0913. The molecule has 0 bridgehead atoms. The molecule has 0 saturated carbocycles. The van der Waals surface area contributed by atoms with Gasteiger partial charge in [-0.2, -0.15) is 0 Å². The van der Waals surface area contributed by atoms with Crippen molar-refractivity contribution in [3.63, 3.8) is 0 Å². The van der Waals surface area contributed by atoms with E-state index in [1.807, 2.05) is 18.2 Å². The number of hydrogen-bond donors (Lipinski definition) is 1. The van der Waals surface area contributed by atoms with Gasteiger partial charge in [-0.3, -0.25) is 0 Å². The van der Waals surface area contributed by atoms with Gasteiger partial charge >= 0.3 is 0 Å². The van der Waals surface area contributed by atoms with Gasteiger partial charge in [0.05, 0.1) is 18.8 Å². The maximum atomic E-state index is 6.46. The normalized spacial score (nSPS) is 18.5. The van der Waals surface area contributed by atoms with Crippen molar-refractivity contribution in [1.82, 2.24) is 4.90 Å². The number of piperazine rings is 1. The molecule has 5 nitrogen and oxygen atoms in total. The first-order valence-corrected chi connectivity index (χ1v) is 10.2. The van der Waals surface area contributed by atoms with Crippen molar-refractivity contribution in [1.29, 1.82) is 0 Å². The van der Waals surface area contributed by atoms with E-state index in [1.165, 1.54) is 11.4 Å². The first-order chi connectivity index (χ1) is 14.2. The van der Waals surface area contributed by atoms with Gasteiger partial charge in [-0.25, -0.2) is 0 Å². The summed E-state index contributed by atoms with van der Waals surface area (Å²) in [5.41, 5.74) is 11.1. The molecule has 1 saturated heterocycles. The van der Waals surface area contributed by atoms with Crippen LogP contribution in [-0.2, 0) is 0 Å². The average Bonchev–Trinajstić information content (AvgIpc) is 2.79. The Morgan fingerprint density at radius 2 is 1.76 bits per heavy atom. The molecule has 29 heavy (non-hydrogen) atoms. The van der Waals surface area contributed by atoms with E-state index in [4.69, 9.17) is 10.5 Å². The van der Waals surface area contributed by atoms with Crippen LogP contribution in [0.1, 0.15) is 11.6 Å². The molecule has 0 aliphatic carbocycles. The number of anilines is 2. The third kappa shape index (κ3) is 4.31. The summed E-state index contributed by atoms with van der Waals surface area (Å²) in [7, 11) is 3.92. The number of hydrogen-bond acceptors (Lipinski definition) is 5. The van der Waals surface area contributed by atoms with Gasteiger partial charge in [0.25, 0.3) is 0 Å². The smallest absolute Gasteiger partial charge is 0.142 e. The monoisotopic (exact) mass is 390 g/mol. The van der Waals surface area contributed by atoms with E-state index in [1.54, 1.807) is 7.11 Å². The molecule has 2 aliphatic rings. The fraction of sp³-hybridized carbons (Fsp3) is 0.333. The SMILES string of the molecule is COc1ccc(N2C=CC(C(N)c3ccccc3)=CC2)cc1N1CCN(C)CC1. The summed E-state index contributed by atoms with van der Waals surface area (Å²) in [6.07, 6.45) is 6.48. The fourth-order valence-electron chi connectivity index (χ4n) is 3.94. The second-order valence-electron chi connectivity index (χ2n) is 7.71. The number of rotatable bonds is 5. The predicted molar refractivity (Wildman–Crippen MR) is 121 cm³/mol. The molecule has 0 amide bonds. The molecule has 2 N–H and O–H groups in total. The Bertz CT molecular complexity index is 885. The second-order valence-corrected chi connectivity index (χ2v) is 7.71. The molecular formula is C24H30N4O. The van der Waals surface area contributed by atoms with Crippen molar-refractivity contribution >= 4 is 11.4 Å². The molecule has 0 spiro atoms. The number of likely N-dealkylation sites (N-methyl/N-ethyl adjacent to an activating group) is 1. The molecule has 1 fully saturated rings. The van der Waals surface area contributed by atoms with Crippen molar-refractivity contribution in [2.24, 2.45) is 5.73 Å². The minimum Gasteiger partial charge on any atom is -0.495 e. The topological polar surface area (TPSA) is 45.0 Å². The fourth-order valence-corrected chi connectivity index (χ4v) is 3.94. The highest BCUT2D eigenvalue weighted by Crippen LogP contribution is 2.34. The van der Waals surface area contributed by atoms with Gasteiger partial charge in [-0.1, -0.05) is 36.4 Å². The highest BCUT2D eigenvalue weighted by Gasteiger charge is 2.20. The molecule has 152 valence electrons. The van der Waals surface area contributed by atoms with E-state index in [2.05, 4.69) is 70.4 Å². The Labute approximate surface area is 173 Å². The number of nitrogens with two attached hydrogens (primary N) is 1. The standard InChI is InChI=1S/C24H30N4O/c1-26-14-16-28(17-15-26)22-18-21(8-9-23(22)29-2)27-12-10-20(11-13-27)24(25)19-6-4-3-5-7-19/h3-12,18,24H,13-17,25H2,1-2H3. The molecule has 5 heteroatoms. The molecule has 4 rings (SSSR count). The Kier molecular flexibility index (Phi) is 5.88. The van der Waals surface area contributed by atoms with E-state index in [0.29, 0.717) is 0 Å². The second kappa shape index (κ2) is 8.72. The third-order valence-electron chi connectivity index (χ3n) is 5.83. The van der Waals surface area contributed by atoms with E-state index < -0.39 is 0 Å². The summed E-state index contributed by atoms with van der Waals surface area (Å²) in [6, 6.07) is 16.6. The molecule has 2 aromatic rings. The summed E-state index contributed by atoms with van der Waals surface area (Å²) < 4.78 is 5.64. The van der Waals surface area contributed by atoms with Crippen LogP contribution in [0.15, 0.2) is 72.5 Å². The summed E-state index contributed by atoms with van der Waals surface area (Å²) >= 11 is 0. The Balaban J connectivity index is 1.50. The first-order valence-electron chi connectivity index (χ1n) is 10.2. The van der Waals surface area contributed by atoms with E-state index in [9.17, 15) is 0 Å². The average molecular weight is 391 g/mol. The zero-order chi connectivity index (χ0) is 20.2. The molecular weight excluding hydrogens is 360 g/mol. The number of ether oxygens (including phenoxy) is 1. The van der Waals surface area contributed by atoms with Gasteiger partial charge < -0.3 is 25.2 Å². The minimum atomic E-state index is -0.0913. The highest BCUT2D eigenvalue weighted by molar-refractivity contribution is 5.68. The van der Waals surface area contributed by atoms with Crippen molar-refractivity contribution in [2.75, 3.05) is 56.7 Å². The summed E-state index contributed by atoms with van der Waals surface area (Å²) in [5, 5.41) is 0. The summed E-state index contributed by atoms with van der Waals surface area (Å²) in [5.74, 6) is 0.932. The van der Waals surface area contributed by atoms with Crippen molar-refractivity contribution < 1.29 is 4.74 Å². The van der Waals surface area contributed by atoms with Gasteiger partial charge in [0.15, 0.2) is 0 Å². The Hall–Kier alpha value is -2.76. The maximum Gasteiger partial charge on any atom is 0.142 e. The van der Waals surface area contributed by atoms with Crippen LogP contribution in [0.2, 0.25) is 0 Å². The number of methoxy groups -OCH3 is 1. The lowest BCUT2D eigenvalue weighted by Crippen LogP contribution is -2.44. The van der Waals surface area contributed by atoms with Gasteiger partial charge in [0.1, 0.15) is 5.75 Å². The molecule has 1 atom stereocenters. The number of nitrogens with zero attached hydrogens (tertiary/aromatic N) is 3. The lowest BCUT2D eigenvalue weighted by molar-refractivity contribution is 0.311. The molecule has 2 aromatic carbocycles. The van der Waals surface area contributed by atoms with Crippen LogP contribution in [0.3, 0.4) is 0 Å². The van der Waals surface area contributed by atoms with Crippen molar-refractivity contribution in [3.8, 4) is 5.75 Å². The van der Waals surface area contributed by atoms with Crippen LogP contribution in [-0.4, -0.2) is 51.8 Å². The molecule has 2 heterocycles. The maximum absolute atomic E-state index is 6.46. The zero-order valence-corrected chi connectivity index (χ0v) is 17.3. The zero-order valence-electron chi connectivity index (χ0n) is 17.3. The summed E-state index contributed by atoms with van der Waals surface area (Å²) in [6.45, 7) is 4.98. The van der Waals surface area contributed by atoms with E-state index >= 15 is 0 Å². The van der Waals surface area contributed by atoms with Gasteiger partial charge in [-0.15, -0.1) is 0 Å². The lowest BCUT2D eigenvalue weighted by Gasteiger charge is -2.35. The predicted octanol–water partition coefficient (Wildman–Crippen LogP) is 3.41. The van der Waals surface area contributed by atoms with Crippen LogP contribution in [0.25, 0.3) is 0 Å². The Morgan fingerprint density at radius 1 is 1.00 bits per heavy atom. The van der Waals surface area contributed by atoms with Crippen LogP contribution < -0.4 is 20.3 Å². The van der Waals surface area contributed by atoms with Crippen LogP contribution in [0.4, 0.5) is 11.4 Å². The third-order valence-corrected chi connectivity index (χ3v) is 5.83. The van der Waals surface area contributed by atoms with Crippen LogP contribution >= 0.6 is 0 Å². The van der Waals surface area contributed by atoms with E-state index in [0.717, 1.165) is 49.6 Å². The van der Waals surface area contributed by atoms with Crippen LogP contribution in [0, 0.1) is 0 Å². The molecule has 0 aromatic heterocycles. The van der Waals surface area contributed by atoms with E-state index in [-0.39, 0.29) is 6.04 Å². The first kappa shape index (κ1) is 19.6. The van der Waals surface area contributed by atoms with Crippen molar-refractivity contribution in [2.45, 2.75) is 6.04 Å². The number of benzene rings is 2. The van der Waals surface area contributed by atoms with Crippen molar-refractivity contribution in [3.05, 3.63) is 78.0 Å². The molecule has 0 radical (unpaired) electrons.